The molecule has 0 aromatic heterocycles. The van der Waals surface area contributed by atoms with Crippen molar-refractivity contribution in [2.45, 2.75) is 0 Å². The van der Waals surface area contributed by atoms with Gasteiger partial charge in [0.25, 0.3) is 5.91 Å². The average molecular weight is 348 g/mol. The maximum Gasteiger partial charge on any atom is 0.255 e. The van der Waals surface area contributed by atoms with Gasteiger partial charge in [-0.15, -0.1) is 0 Å². The van der Waals surface area contributed by atoms with E-state index in [1.165, 1.54) is 6.07 Å². The molecule has 0 unspecified atom stereocenters. The highest BCUT2D eigenvalue weighted by Crippen LogP contribution is 2.24. The van der Waals surface area contributed by atoms with Gasteiger partial charge in [0, 0.05) is 10.0 Å². The lowest BCUT2D eigenvalue weighted by atomic mass is 10.2. The van der Waals surface area contributed by atoms with Gasteiger partial charge in [0.2, 0.25) is 0 Å². The summed E-state index contributed by atoms with van der Waals surface area (Å²) in [5.74, 6) is -5.95. The topological polar surface area (TPSA) is 29.1 Å². The smallest absolute Gasteiger partial charge is 0.255 e. The van der Waals surface area contributed by atoms with E-state index in [1.807, 2.05) is 0 Å². The van der Waals surface area contributed by atoms with Crippen LogP contribution >= 0.6 is 15.9 Å². The van der Waals surface area contributed by atoms with Crippen molar-refractivity contribution in [3.63, 3.8) is 0 Å². The van der Waals surface area contributed by atoms with Crippen LogP contribution in [-0.4, -0.2) is 5.91 Å². The molecule has 0 radical (unpaired) electrons. The first kappa shape index (κ1) is 14.5. The molecule has 1 amide bonds. The summed E-state index contributed by atoms with van der Waals surface area (Å²) in [7, 11) is 0. The number of hydrogen-bond donors (Lipinski definition) is 1. The first-order chi connectivity index (χ1) is 9.38. The van der Waals surface area contributed by atoms with E-state index in [2.05, 4.69) is 21.2 Å². The van der Waals surface area contributed by atoms with Gasteiger partial charge >= 0.3 is 0 Å². The number of amides is 1. The summed E-state index contributed by atoms with van der Waals surface area (Å²) in [6.07, 6.45) is 0. The summed E-state index contributed by atoms with van der Waals surface area (Å²) < 4.78 is 51.9. The number of halogens is 5. The number of carbonyl (C=O) groups is 1. The second kappa shape index (κ2) is 5.62. The largest absolute Gasteiger partial charge is 0.321 e. The highest BCUT2D eigenvalue weighted by molar-refractivity contribution is 9.10. The number of benzene rings is 2. The molecule has 0 aliphatic carbocycles. The zero-order valence-corrected chi connectivity index (χ0v) is 11.3. The number of rotatable bonds is 2. The summed E-state index contributed by atoms with van der Waals surface area (Å²) in [4.78, 5) is 11.8. The van der Waals surface area contributed by atoms with Crippen LogP contribution < -0.4 is 5.32 Å². The van der Waals surface area contributed by atoms with E-state index >= 15 is 0 Å². The fourth-order valence-electron chi connectivity index (χ4n) is 1.47. The minimum Gasteiger partial charge on any atom is -0.321 e. The molecule has 20 heavy (non-hydrogen) atoms. The monoisotopic (exact) mass is 347 g/mol. The van der Waals surface area contributed by atoms with Crippen LogP contribution in [0.4, 0.5) is 23.2 Å². The molecule has 0 spiro atoms. The summed E-state index contributed by atoms with van der Waals surface area (Å²) in [5, 5.41) is 2.32. The standard InChI is InChI=1S/C13H6BrF4NO/c14-8-5-7(15)1-2-11(8)19-13(20)6-3-9(16)12(18)10(17)4-6/h1-5H,(H,19,20). The predicted molar refractivity (Wildman–Crippen MR) is 68.4 cm³/mol. The second-order valence-electron chi connectivity index (χ2n) is 3.83. The van der Waals surface area contributed by atoms with Gasteiger partial charge in [0.15, 0.2) is 17.5 Å². The number of carbonyl (C=O) groups excluding carboxylic acids is 1. The Morgan fingerprint density at radius 2 is 1.60 bits per heavy atom. The molecule has 2 nitrogen and oxygen atoms in total. The number of anilines is 1. The van der Waals surface area contributed by atoms with Gasteiger partial charge in [-0.25, -0.2) is 17.6 Å². The lowest BCUT2D eigenvalue weighted by molar-refractivity contribution is 0.102. The molecule has 0 saturated carbocycles. The van der Waals surface area contributed by atoms with Gasteiger partial charge in [-0.05, 0) is 46.3 Å². The van der Waals surface area contributed by atoms with Crippen molar-refractivity contribution in [3.8, 4) is 0 Å². The van der Waals surface area contributed by atoms with Crippen LogP contribution in [0.15, 0.2) is 34.8 Å². The number of hydrogen-bond acceptors (Lipinski definition) is 1. The van der Waals surface area contributed by atoms with Crippen LogP contribution in [0.25, 0.3) is 0 Å². The van der Waals surface area contributed by atoms with Gasteiger partial charge < -0.3 is 5.32 Å². The third-order valence-electron chi connectivity index (χ3n) is 2.43. The molecule has 2 rings (SSSR count). The number of nitrogens with one attached hydrogen (secondary N) is 1. The van der Waals surface area contributed by atoms with Gasteiger partial charge in [-0.2, -0.15) is 0 Å². The van der Waals surface area contributed by atoms with Crippen LogP contribution in [0.3, 0.4) is 0 Å². The Labute approximate surface area is 119 Å². The molecule has 2 aromatic rings. The molecule has 1 N–H and O–H groups in total. The van der Waals surface area contributed by atoms with E-state index in [0.29, 0.717) is 12.1 Å². The van der Waals surface area contributed by atoms with Crippen LogP contribution in [0.1, 0.15) is 10.4 Å². The van der Waals surface area contributed by atoms with Gasteiger partial charge in [0.1, 0.15) is 5.82 Å². The molecule has 0 aliphatic heterocycles. The Morgan fingerprint density at radius 1 is 1.00 bits per heavy atom. The van der Waals surface area contributed by atoms with Crippen molar-refractivity contribution in [2.24, 2.45) is 0 Å². The Morgan fingerprint density at radius 3 is 2.15 bits per heavy atom. The first-order valence-corrected chi connectivity index (χ1v) is 6.08. The molecular weight excluding hydrogens is 342 g/mol. The molecule has 0 heterocycles. The summed E-state index contributed by atoms with van der Waals surface area (Å²) in [5.41, 5.74) is -0.181. The highest BCUT2D eigenvalue weighted by atomic mass is 79.9. The van der Waals surface area contributed by atoms with Gasteiger partial charge in [-0.3, -0.25) is 4.79 Å². The van der Waals surface area contributed by atoms with E-state index < -0.39 is 34.7 Å². The van der Waals surface area contributed by atoms with E-state index in [9.17, 15) is 22.4 Å². The average Bonchev–Trinajstić information content (AvgIpc) is 2.38. The molecule has 0 aliphatic rings. The lowest BCUT2D eigenvalue weighted by Gasteiger charge is -2.08. The van der Waals surface area contributed by atoms with Crippen LogP contribution in [0.5, 0.6) is 0 Å². The summed E-state index contributed by atoms with van der Waals surface area (Å²) in [6.45, 7) is 0. The van der Waals surface area contributed by atoms with E-state index in [0.717, 1.165) is 12.1 Å². The Kier molecular flexibility index (Phi) is 4.08. The van der Waals surface area contributed by atoms with E-state index in [4.69, 9.17) is 0 Å². The Hall–Kier alpha value is -1.89. The Balaban J connectivity index is 2.28. The minimum absolute atomic E-state index is 0.210. The molecule has 7 heteroatoms. The van der Waals surface area contributed by atoms with Crippen LogP contribution in [-0.2, 0) is 0 Å². The first-order valence-electron chi connectivity index (χ1n) is 5.29. The fourth-order valence-corrected chi connectivity index (χ4v) is 1.92. The zero-order valence-electron chi connectivity index (χ0n) is 9.68. The maximum atomic E-state index is 13.0. The van der Waals surface area contributed by atoms with Crippen molar-refractivity contribution < 1.29 is 22.4 Å². The van der Waals surface area contributed by atoms with Crippen molar-refractivity contribution >= 4 is 27.5 Å². The fraction of sp³-hybridized carbons (Fsp3) is 0. The quantitative estimate of drug-likeness (QED) is 0.638. The van der Waals surface area contributed by atoms with Crippen molar-refractivity contribution in [1.82, 2.24) is 0 Å². The Bertz CT molecular complexity index is 667. The lowest BCUT2D eigenvalue weighted by Crippen LogP contribution is -2.13. The van der Waals surface area contributed by atoms with Crippen LogP contribution in [0, 0.1) is 23.3 Å². The summed E-state index contributed by atoms with van der Waals surface area (Å²) >= 11 is 3.03. The normalized spacial score (nSPS) is 10.4. The van der Waals surface area contributed by atoms with Crippen LogP contribution in [0.2, 0.25) is 0 Å². The van der Waals surface area contributed by atoms with Gasteiger partial charge in [0.05, 0.1) is 5.69 Å². The van der Waals surface area contributed by atoms with Crippen molar-refractivity contribution in [3.05, 3.63) is 63.6 Å². The minimum atomic E-state index is -1.65. The molecule has 0 bridgehead atoms. The molecule has 0 fully saturated rings. The third-order valence-corrected chi connectivity index (χ3v) is 3.08. The maximum absolute atomic E-state index is 13.0. The predicted octanol–water partition coefficient (Wildman–Crippen LogP) is 4.26. The van der Waals surface area contributed by atoms with Crippen molar-refractivity contribution in [1.29, 1.82) is 0 Å². The second-order valence-corrected chi connectivity index (χ2v) is 4.69. The summed E-state index contributed by atoms with van der Waals surface area (Å²) in [6, 6.07) is 4.64. The molecule has 2 aromatic carbocycles. The molecule has 0 atom stereocenters. The molecule has 0 saturated heterocycles. The highest BCUT2D eigenvalue weighted by Gasteiger charge is 2.16. The van der Waals surface area contributed by atoms with Gasteiger partial charge in [-0.1, -0.05) is 0 Å². The third kappa shape index (κ3) is 2.98. The molecular formula is C13H6BrF4NO. The van der Waals surface area contributed by atoms with Crippen molar-refractivity contribution in [2.75, 3.05) is 5.32 Å². The van der Waals surface area contributed by atoms with E-state index in [-0.39, 0.29) is 10.2 Å². The molecule has 104 valence electrons. The van der Waals surface area contributed by atoms with E-state index in [1.54, 1.807) is 0 Å². The SMILES string of the molecule is O=C(Nc1ccc(F)cc1Br)c1cc(F)c(F)c(F)c1. The zero-order chi connectivity index (χ0) is 14.9.